The Labute approximate surface area is 160 Å². The number of carbonyl (C=O) groups is 4. The first kappa shape index (κ1) is 21.2. The van der Waals surface area contributed by atoms with E-state index in [1.165, 1.54) is 0 Å². The van der Waals surface area contributed by atoms with Crippen LogP contribution >= 0.6 is 0 Å². The van der Waals surface area contributed by atoms with E-state index in [4.69, 9.17) is 23.7 Å². The van der Waals surface area contributed by atoms with Gasteiger partial charge in [0.25, 0.3) is 0 Å². The molecule has 0 spiro atoms. The number of hydrogen-bond donors (Lipinski definition) is 1. The summed E-state index contributed by atoms with van der Waals surface area (Å²) < 4.78 is 26.4. The predicted octanol–water partition coefficient (Wildman–Crippen LogP) is 0.670. The third-order valence-corrected chi connectivity index (χ3v) is 3.64. The van der Waals surface area contributed by atoms with Crippen LogP contribution in [0.25, 0.3) is 0 Å². The van der Waals surface area contributed by atoms with Crippen LogP contribution in [0.4, 0.5) is 0 Å². The largest absolute Gasteiger partial charge is 0.479 e. The van der Waals surface area contributed by atoms with Crippen molar-refractivity contribution in [1.82, 2.24) is 0 Å². The van der Waals surface area contributed by atoms with Gasteiger partial charge in [0.1, 0.15) is 5.75 Å². The molecule has 10 nitrogen and oxygen atoms in total. The highest BCUT2D eigenvalue weighted by Gasteiger charge is 2.55. The van der Waals surface area contributed by atoms with Crippen molar-refractivity contribution in [3.8, 4) is 5.75 Å². The van der Waals surface area contributed by atoms with Crippen LogP contribution in [0, 0.1) is 0 Å². The van der Waals surface area contributed by atoms with Crippen molar-refractivity contribution < 1.29 is 48.0 Å². The zero-order valence-corrected chi connectivity index (χ0v) is 15.4. The number of aliphatic carboxylic acids is 1. The second kappa shape index (κ2) is 9.18. The van der Waals surface area contributed by atoms with E-state index in [9.17, 15) is 24.3 Å². The van der Waals surface area contributed by atoms with Gasteiger partial charge in [-0.05, 0) is 12.1 Å². The molecule has 1 heterocycles. The quantitative estimate of drug-likeness (QED) is 0.540. The lowest BCUT2D eigenvalue weighted by atomic mass is 9.97. The smallest absolute Gasteiger partial charge is 0.337 e. The van der Waals surface area contributed by atoms with E-state index < -0.39 is 54.6 Å². The van der Waals surface area contributed by atoms with Crippen LogP contribution in [0.5, 0.6) is 5.75 Å². The highest BCUT2D eigenvalue weighted by molar-refractivity contribution is 5.75. The zero-order valence-electron chi connectivity index (χ0n) is 15.4. The van der Waals surface area contributed by atoms with Gasteiger partial charge in [-0.25, -0.2) is 4.79 Å². The fourth-order valence-corrected chi connectivity index (χ4v) is 2.70. The SMILES string of the molecule is CC(=O)O[C@@H]1[C@@H](OC(C)=O)[C@@H](Oc2ccccc2)O[C@H](C(=O)O)[C@H]1OC(C)=O. The van der Waals surface area contributed by atoms with Gasteiger partial charge < -0.3 is 28.8 Å². The van der Waals surface area contributed by atoms with Crippen molar-refractivity contribution >= 4 is 23.9 Å². The number of benzene rings is 1. The maximum absolute atomic E-state index is 11.7. The molecule has 0 saturated carbocycles. The van der Waals surface area contributed by atoms with Crippen molar-refractivity contribution in [2.45, 2.75) is 51.5 Å². The lowest BCUT2D eigenvalue weighted by Gasteiger charge is -2.42. The molecule has 0 aromatic heterocycles. The van der Waals surface area contributed by atoms with Crippen LogP contribution in [0.1, 0.15) is 20.8 Å². The number of ether oxygens (including phenoxy) is 5. The molecule has 5 atom stereocenters. The monoisotopic (exact) mass is 396 g/mol. The Balaban J connectivity index is 2.44. The van der Waals surface area contributed by atoms with Gasteiger partial charge >= 0.3 is 23.9 Å². The number of carboxylic acid groups (broad SMARTS) is 1. The fraction of sp³-hybridized carbons (Fsp3) is 0.444. The van der Waals surface area contributed by atoms with E-state index >= 15 is 0 Å². The Morgan fingerprint density at radius 2 is 1.32 bits per heavy atom. The minimum atomic E-state index is -1.73. The van der Waals surface area contributed by atoms with Gasteiger partial charge in [-0.3, -0.25) is 14.4 Å². The average Bonchev–Trinajstić information content (AvgIpc) is 2.59. The number of esters is 3. The van der Waals surface area contributed by atoms with Gasteiger partial charge in [-0.2, -0.15) is 0 Å². The summed E-state index contributed by atoms with van der Waals surface area (Å²) in [6.45, 7) is 3.24. The first-order valence-corrected chi connectivity index (χ1v) is 8.30. The van der Waals surface area contributed by atoms with Crippen LogP contribution in [0.2, 0.25) is 0 Å². The summed E-state index contributed by atoms with van der Waals surface area (Å²) >= 11 is 0. The summed E-state index contributed by atoms with van der Waals surface area (Å²) in [5.74, 6) is -3.58. The molecule has 1 aromatic carbocycles. The Hall–Kier alpha value is -3.14. The van der Waals surface area contributed by atoms with Crippen molar-refractivity contribution in [1.29, 1.82) is 0 Å². The molecule has 1 N–H and O–H groups in total. The summed E-state index contributed by atoms with van der Waals surface area (Å²) in [6.07, 6.45) is -7.58. The Morgan fingerprint density at radius 1 is 0.821 bits per heavy atom. The first-order valence-electron chi connectivity index (χ1n) is 8.30. The molecule has 1 fully saturated rings. The standard InChI is InChI=1S/C18H20O10/c1-9(19)24-13-14(25-10(2)20)16(26-11(3)21)18(28-15(13)17(22)23)27-12-7-5-4-6-8-12/h4-8,13-16,18H,1-3H3,(H,22,23)/t13-,14-,15-,16+,18-/m0/s1. The van der Waals surface area contributed by atoms with Gasteiger partial charge in [0, 0.05) is 20.8 Å². The van der Waals surface area contributed by atoms with Crippen LogP contribution in [0.3, 0.4) is 0 Å². The van der Waals surface area contributed by atoms with Crippen molar-refractivity contribution in [3.05, 3.63) is 30.3 Å². The highest BCUT2D eigenvalue weighted by atomic mass is 16.7. The second-order valence-corrected chi connectivity index (χ2v) is 5.92. The van der Waals surface area contributed by atoms with Gasteiger partial charge in [0.15, 0.2) is 18.3 Å². The minimum absolute atomic E-state index is 0.293. The summed E-state index contributed by atoms with van der Waals surface area (Å²) in [4.78, 5) is 46.3. The molecule has 10 heteroatoms. The van der Waals surface area contributed by atoms with Crippen molar-refractivity contribution in [2.75, 3.05) is 0 Å². The number of carboxylic acids is 1. The van der Waals surface area contributed by atoms with Gasteiger partial charge in [-0.15, -0.1) is 0 Å². The lowest BCUT2D eigenvalue weighted by molar-refractivity contribution is -0.281. The highest BCUT2D eigenvalue weighted by Crippen LogP contribution is 2.30. The van der Waals surface area contributed by atoms with E-state index in [2.05, 4.69) is 0 Å². The van der Waals surface area contributed by atoms with Crippen molar-refractivity contribution in [2.24, 2.45) is 0 Å². The average molecular weight is 396 g/mol. The number of hydrogen-bond acceptors (Lipinski definition) is 9. The second-order valence-electron chi connectivity index (χ2n) is 5.92. The summed E-state index contributed by atoms with van der Waals surface area (Å²) in [5.41, 5.74) is 0. The molecule has 1 aliphatic rings. The van der Waals surface area contributed by atoms with Crippen LogP contribution < -0.4 is 4.74 Å². The van der Waals surface area contributed by atoms with Crippen molar-refractivity contribution in [3.63, 3.8) is 0 Å². The molecule has 0 radical (unpaired) electrons. The molecule has 0 aliphatic carbocycles. The first-order chi connectivity index (χ1) is 13.2. The molecule has 0 bridgehead atoms. The molecule has 28 heavy (non-hydrogen) atoms. The number of para-hydroxylation sites is 1. The van der Waals surface area contributed by atoms with E-state index in [0.29, 0.717) is 5.75 Å². The molecule has 0 amide bonds. The van der Waals surface area contributed by atoms with Crippen LogP contribution in [-0.4, -0.2) is 59.7 Å². The number of rotatable bonds is 6. The molecule has 1 aliphatic heterocycles. The molecule has 152 valence electrons. The maximum Gasteiger partial charge on any atom is 0.337 e. The van der Waals surface area contributed by atoms with Gasteiger partial charge in [-0.1, -0.05) is 18.2 Å². The molecule has 2 rings (SSSR count). The normalized spacial score (nSPS) is 26.6. The Kier molecular flexibility index (Phi) is 6.94. The summed E-state index contributed by atoms with van der Waals surface area (Å²) in [5, 5.41) is 9.51. The fourth-order valence-electron chi connectivity index (χ4n) is 2.70. The Morgan fingerprint density at radius 3 is 1.82 bits per heavy atom. The molecular formula is C18H20O10. The maximum atomic E-state index is 11.7. The van der Waals surface area contributed by atoms with Gasteiger partial charge in [0.2, 0.25) is 12.4 Å². The van der Waals surface area contributed by atoms with E-state index in [0.717, 1.165) is 20.8 Å². The van der Waals surface area contributed by atoms with E-state index in [1.54, 1.807) is 30.3 Å². The number of carbonyl (C=O) groups excluding carboxylic acids is 3. The minimum Gasteiger partial charge on any atom is -0.479 e. The topological polar surface area (TPSA) is 135 Å². The van der Waals surface area contributed by atoms with Crippen LogP contribution in [0.15, 0.2) is 30.3 Å². The third kappa shape index (κ3) is 5.43. The van der Waals surface area contributed by atoms with E-state index in [1.807, 2.05) is 0 Å². The Bertz CT molecular complexity index is 731. The summed E-state index contributed by atoms with van der Waals surface area (Å²) in [6, 6.07) is 8.21. The van der Waals surface area contributed by atoms with Gasteiger partial charge in [0.05, 0.1) is 0 Å². The molecule has 1 saturated heterocycles. The third-order valence-electron chi connectivity index (χ3n) is 3.64. The summed E-state index contributed by atoms with van der Waals surface area (Å²) in [7, 11) is 0. The molecular weight excluding hydrogens is 376 g/mol. The predicted molar refractivity (Wildman–Crippen MR) is 90.0 cm³/mol. The van der Waals surface area contributed by atoms with E-state index in [-0.39, 0.29) is 0 Å². The molecule has 0 unspecified atom stereocenters. The zero-order chi connectivity index (χ0) is 20.8. The lowest BCUT2D eigenvalue weighted by Crippen LogP contribution is -2.64. The van der Waals surface area contributed by atoms with Crippen LogP contribution in [-0.2, 0) is 38.1 Å². The molecule has 1 aromatic rings.